The van der Waals surface area contributed by atoms with Gasteiger partial charge in [0.2, 0.25) is 0 Å². The maximum absolute atomic E-state index is 12.2. The molecule has 3 aliphatic rings. The minimum absolute atomic E-state index is 0.00567. The van der Waals surface area contributed by atoms with Crippen molar-refractivity contribution >= 4 is 12.0 Å². The number of benzene rings is 1. The number of carbonyl (C=O) groups is 2. The summed E-state index contributed by atoms with van der Waals surface area (Å²) in [6.45, 7) is 4.50. The average Bonchev–Trinajstić information content (AvgIpc) is 2.93. The molecule has 0 bridgehead atoms. The first-order valence-electron chi connectivity index (χ1n) is 9.19. The van der Waals surface area contributed by atoms with E-state index < -0.39 is 11.9 Å². The summed E-state index contributed by atoms with van der Waals surface area (Å²) in [5, 5.41) is 14.3. The van der Waals surface area contributed by atoms with Gasteiger partial charge < -0.3 is 25.2 Å². The number of fused-ring (bicyclic) bond motifs is 2. The Kier molecular flexibility index (Phi) is 3.97. The van der Waals surface area contributed by atoms with Gasteiger partial charge in [0.15, 0.2) is 11.5 Å². The number of nitrogens with one attached hydrogen (secondary N) is 2. The number of rotatable bonds is 2. The van der Waals surface area contributed by atoms with Crippen LogP contribution in [0.25, 0.3) is 0 Å². The van der Waals surface area contributed by atoms with E-state index in [1.165, 1.54) is 0 Å². The number of carboxylic acid groups (broad SMARTS) is 1. The number of hydrogen-bond donors (Lipinski definition) is 3. The Hall–Kier alpha value is -2.44. The highest BCUT2D eigenvalue weighted by atomic mass is 16.7. The molecule has 7 heteroatoms. The fourth-order valence-corrected chi connectivity index (χ4v) is 4.50. The molecule has 1 saturated carbocycles. The van der Waals surface area contributed by atoms with E-state index >= 15 is 0 Å². The third-order valence-corrected chi connectivity index (χ3v) is 5.89. The fourth-order valence-electron chi connectivity index (χ4n) is 4.50. The van der Waals surface area contributed by atoms with Crippen molar-refractivity contribution in [3.63, 3.8) is 0 Å². The van der Waals surface area contributed by atoms with Crippen molar-refractivity contribution in [1.82, 2.24) is 10.6 Å². The predicted molar refractivity (Wildman–Crippen MR) is 93.8 cm³/mol. The third-order valence-electron chi connectivity index (χ3n) is 5.89. The van der Waals surface area contributed by atoms with Crippen molar-refractivity contribution < 1.29 is 24.2 Å². The highest BCUT2D eigenvalue weighted by Gasteiger charge is 2.47. The Bertz CT molecular complexity index is 770. The van der Waals surface area contributed by atoms with Gasteiger partial charge in [-0.3, -0.25) is 4.79 Å². The summed E-state index contributed by atoms with van der Waals surface area (Å²) in [6, 6.07) is 1.94. The molecule has 4 rings (SSSR count). The molecule has 26 heavy (non-hydrogen) atoms. The van der Waals surface area contributed by atoms with Crippen molar-refractivity contribution in [2.45, 2.75) is 57.8 Å². The Labute approximate surface area is 152 Å². The van der Waals surface area contributed by atoms with Crippen LogP contribution in [0.2, 0.25) is 0 Å². The number of amides is 2. The fraction of sp³-hybridized carbons (Fsp3) is 0.579. The first-order chi connectivity index (χ1) is 12.4. The Balaban J connectivity index is 1.54. The van der Waals surface area contributed by atoms with Crippen LogP contribution in [0, 0.1) is 12.8 Å². The average molecular weight is 360 g/mol. The van der Waals surface area contributed by atoms with Gasteiger partial charge in [-0.05, 0) is 50.7 Å². The second-order valence-electron chi connectivity index (χ2n) is 7.59. The highest BCUT2D eigenvalue weighted by Crippen LogP contribution is 2.49. The van der Waals surface area contributed by atoms with Crippen LogP contribution in [0.1, 0.15) is 54.1 Å². The summed E-state index contributed by atoms with van der Waals surface area (Å²) in [5.74, 6) is 0.719. The lowest BCUT2D eigenvalue weighted by Gasteiger charge is -2.37. The lowest BCUT2D eigenvalue weighted by Crippen LogP contribution is -2.47. The summed E-state index contributed by atoms with van der Waals surface area (Å²) in [4.78, 5) is 23.0. The van der Waals surface area contributed by atoms with E-state index in [0.717, 1.165) is 43.2 Å². The third kappa shape index (κ3) is 2.75. The van der Waals surface area contributed by atoms with Crippen molar-refractivity contribution in [3.8, 4) is 11.5 Å². The summed E-state index contributed by atoms with van der Waals surface area (Å²) in [7, 11) is 0. The molecule has 0 aromatic heterocycles. The molecule has 1 atom stereocenters. The maximum Gasteiger partial charge on any atom is 0.404 e. The maximum atomic E-state index is 12.2. The molecule has 2 amide bonds. The van der Waals surface area contributed by atoms with Crippen LogP contribution in [0.3, 0.4) is 0 Å². The van der Waals surface area contributed by atoms with Crippen LogP contribution < -0.4 is 20.1 Å². The molecule has 0 saturated heterocycles. The zero-order valence-corrected chi connectivity index (χ0v) is 15.1. The van der Waals surface area contributed by atoms with Gasteiger partial charge in [0.1, 0.15) is 0 Å². The molecule has 3 N–H and O–H groups in total. The summed E-state index contributed by atoms with van der Waals surface area (Å²) >= 11 is 0. The molecule has 2 heterocycles. The van der Waals surface area contributed by atoms with Crippen LogP contribution in [-0.2, 0) is 6.42 Å². The summed E-state index contributed by atoms with van der Waals surface area (Å²) < 4.78 is 12.5. The van der Waals surface area contributed by atoms with Crippen LogP contribution in [0.15, 0.2) is 6.07 Å². The molecule has 7 nitrogen and oxygen atoms in total. The lowest BCUT2D eigenvalue weighted by molar-refractivity contribution is -0.121. The van der Waals surface area contributed by atoms with Crippen LogP contribution in [0.4, 0.5) is 4.79 Å². The van der Waals surface area contributed by atoms with Gasteiger partial charge in [-0.15, -0.1) is 0 Å². The predicted octanol–water partition coefficient (Wildman–Crippen LogP) is 2.59. The van der Waals surface area contributed by atoms with E-state index in [1.54, 1.807) is 0 Å². The molecule has 0 radical (unpaired) electrons. The lowest BCUT2D eigenvalue weighted by atomic mass is 9.81. The van der Waals surface area contributed by atoms with E-state index in [2.05, 4.69) is 10.6 Å². The Morgan fingerprint density at radius 2 is 2.04 bits per heavy atom. The van der Waals surface area contributed by atoms with Crippen molar-refractivity contribution in [1.29, 1.82) is 0 Å². The monoisotopic (exact) mass is 360 g/mol. The van der Waals surface area contributed by atoms with Gasteiger partial charge in [0.25, 0.3) is 11.7 Å². The second-order valence-corrected chi connectivity index (χ2v) is 7.59. The zero-order chi connectivity index (χ0) is 18.5. The normalized spacial score (nSPS) is 29.7. The van der Waals surface area contributed by atoms with E-state index in [9.17, 15) is 9.59 Å². The molecule has 1 fully saturated rings. The SMILES string of the molecule is Cc1c2c(cc3c1C(=O)NCC3)OC(C)(C1CCC(NC(=O)O)CC1)O2. The molecule has 1 aromatic rings. The van der Waals surface area contributed by atoms with Crippen LogP contribution >= 0.6 is 0 Å². The first kappa shape index (κ1) is 17.0. The van der Waals surface area contributed by atoms with E-state index in [-0.39, 0.29) is 17.9 Å². The minimum atomic E-state index is -0.972. The van der Waals surface area contributed by atoms with Crippen LogP contribution in [-0.4, -0.2) is 35.5 Å². The number of carbonyl (C=O) groups excluding carboxylic acids is 1. The minimum Gasteiger partial charge on any atom is -0.465 e. The molecular weight excluding hydrogens is 336 g/mol. The zero-order valence-electron chi connectivity index (χ0n) is 15.1. The van der Waals surface area contributed by atoms with Crippen molar-refractivity contribution in [2.24, 2.45) is 5.92 Å². The largest absolute Gasteiger partial charge is 0.465 e. The number of ether oxygens (including phenoxy) is 2. The van der Waals surface area contributed by atoms with Gasteiger partial charge in [0, 0.05) is 36.6 Å². The molecule has 1 aliphatic carbocycles. The molecule has 1 unspecified atom stereocenters. The van der Waals surface area contributed by atoms with Gasteiger partial charge in [-0.25, -0.2) is 4.79 Å². The second kappa shape index (κ2) is 6.07. The topological polar surface area (TPSA) is 96.9 Å². The molecular formula is C19H24N2O5. The van der Waals surface area contributed by atoms with Crippen LogP contribution in [0.5, 0.6) is 11.5 Å². The van der Waals surface area contributed by atoms with Crippen molar-refractivity contribution in [3.05, 3.63) is 22.8 Å². The molecule has 0 spiro atoms. The summed E-state index contributed by atoms with van der Waals surface area (Å²) in [6.07, 6.45) is 3.02. The molecule has 2 aliphatic heterocycles. The van der Waals surface area contributed by atoms with Gasteiger partial charge in [-0.1, -0.05) is 0 Å². The summed E-state index contributed by atoms with van der Waals surface area (Å²) in [5.41, 5.74) is 2.55. The molecule has 1 aromatic carbocycles. The van der Waals surface area contributed by atoms with Crippen molar-refractivity contribution in [2.75, 3.05) is 6.54 Å². The smallest absolute Gasteiger partial charge is 0.404 e. The Morgan fingerprint density at radius 3 is 2.73 bits per heavy atom. The van der Waals surface area contributed by atoms with E-state index in [1.807, 2.05) is 19.9 Å². The highest BCUT2D eigenvalue weighted by molar-refractivity contribution is 5.99. The molecule has 140 valence electrons. The quantitative estimate of drug-likeness (QED) is 0.753. The van der Waals surface area contributed by atoms with E-state index in [4.69, 9.17) is 14.6 Å². The Morgan fingerprint density at radius 1 is 1.31 bits per heavy atom. The van der Waals surface area contributed by atoms with Gasteiger partial charge >= 0.3 is 6.09 Å². The van der Waals surface area contributed by atoms with E-state index in [0.29, 0.717) is 23.6 Å². The number of hydrogen-bond acceptors (Lipinski definition) is 4. The first-order valence-corrected chi connectivity index (χ1v) is 9.19. The standard InChI is InChI=1S/C19H24N2O5/c1-10-15-11(7-8-20-17(15)22)9-14-16(10)26-19(2,25-14)12-3-5-13(6-4-12)21-18(23)24/h9,12-13,21H,3-8H2,1-2H3,(H,20,22)(H,23,24). The van der Waals surface area contributed by atoms with Gasteiger partial charge in [0.05, 0.1) is 0 Å². The van der Waals surface area contributed by atoms with Gasteiger partial charge in [-0.2, -0.15) is 0 Å².